The zero-order chi connectivity index (χ0) is 47.6. The van der Waals surface area contributed by atoms with E-state index in [1.165, 1.54) is 11.8 Å². The topological polar surface area (TPSA) is 283 Å². The SMILES string of the molecule is CCCC[C@H](NC(=O)[C@H](Cc1ccccc1)NC(C)=O)C(=O)N1CCC[C@H]1C(=O)N[C@H](CC1CCCCC1)C(=O)N[C@@H](Cc1c[nH]c2ccccc12)C(=O)N[C@H](CCCN=C(N)N)C(=O)O. The monoisotopic (exact) mass is 913 g/mol. The van der Waals surface area contributed by atoms with Gasteiger partial charge < -0.3 is 53.0 Å². The molecule has 0 bridgehead atoms. The minimum absolute atomic E-state index is 0.00986. The zero-order valence-electron chi connectivity index (χ0n) is 38.2. The first-order valence-electron chi connectivity index (χ1n) is 23.4. The van der Waals surface area contributed by atoms with Gasteiger partial charge in [-0.05, 0) is 61.6 Å². The highest BCUT2D eigenvalue weighted by Gasteiger charge is 2.40. The van der Waals surface area contributed by atoms with Gasteiger partial charge >= 0.3 is 5.97 Å². The lowest BCUT2D eigenvalue weighted by molar-refractivity contribution is -0.143. The van der Waals surface area contributed by atoms with Crippen LogP contribution in [-0.4, -0.2) is 112 Å². The predicted octanol–water partition coefficient (Wildman–Crippen LogP) is 2.69. The summed E-state index contributed by atoms with van der Waals surface area (Å²) >= 11 is 0. The molecule has 1 saturated carbocycles. The van der Waals surface area contributed by atoms with Gasteiger partial charge in [0.2, 0.25) is 35.4 Å². The summed E-state index contributed by atoms with van der Waals surface area (Å²) in [6, 6.07) is 10.3. The van der Waals surface area contributed by atoms with Gasteiger partial charge in [-0.15, -0.1) is 0 Å². The lowest BCUT2D eigenvalue weighted by atomic mass is 9.84. The first-order chi connectivity index (χ1) is 31.7. The second kappa shape index (κ2) is 25.3. The maximum Gasteiger partial charge on any atom is 0.326 e. The fraction of sp³-hybridized carbons (Fsp3) is 0.542. The summed E-state index contributed by atoms with van der Waals surface area (Å²) in [5.74, 6) is -4.48. The molecule has 18 heteroatoms. The number of likely N-dealkylation sites (tertiary alicyclic amines) is 1. The van der Waals surface area contributed by atoms with Gasteiger partial charge in [-0.2, -0.15) is 0 Å². The molecule has 66 heavy (non-hydrogen) atoms. The number of guanidine groups is 1. The van der Waals surface area contributed by atoms with Crippen LogP contribution in [-0.2, 0) is 46.4 Å². The molecular weight excluding hydrogens is 845 g/mol. The highest BCUT2D eigenvalue weighted by atomic mass is 16.4. The Kier molecular flexibility index (Phi) is 19.4. The quantitative estimate of drug-likeness (QED) is 0.0360. The maximum absolute atomic E-state index is 14.6. The van der Waals surface area contributed by atoms with Crippen molar-refractivity contribution in [2.45, 2.75) is 146 Å². The minimum Gasteiger partial charge on any atom is -0.480 e. The molecule has 1 aliphatic heterocycles. The number of hydrogen-bond donors (Lipinski definition) is 9. The molecule has 0 radical (unpaired) electrons. The number of carbonyl (C=O) groups is 7. The van der Waals surface area contributed by atoms with Crippen molar-refractivity contribution in [2.75, 3.05) is 13.1 Å². The number of carboxylic acid groups (broad SMARTS) is 1. The normalized spacial score (nSPS) is 17.4. The summed E-state index contributed by atoms with van der Waals surface area (Å²) < 4.78 is 0. The number of nitrogens with two attached hydrogens (primary N) is 2. The van der Waals surface area contributed by atoms with Crippen molar-refractivity contribution in [3.63, 3.8) is 0 Å². The molecule has 2 aromatic carbocycles. The molecular formula is C48H68N10O8. The number of amides is 6. The van der Waals surface area contributed by atoms with Crippen LogP contribution in [0.4, 0.5) is 0 Å². The third-order valence-electron chi connectivity index (χ3n) is 12.5. The van der Waals surface area contributed by atoms with Crippen LogP contribution in [0.5, 0.6) is 0 Å². The van der Waals surface area contributed by atoms with Crippen molar-refractivity contribution in [1.29, 1.82) is 0 Å². The minimum atomic E-state index is -1.30. The predicted molar refractivity (Wildman–Crippen MR) is 250 cm³/mol. The number of para-hydroxylation sites is 1. The number of fused-ring (bicyclic) bond motifs is 1. The molecule has 2 heterocycles. The Hall–Kier alpha value is -6.46. The van der Waals surface area contributed by atoms with E-state index in [1.54, 1.807) is 6.20 Å². The van der Waals surface area contributed by atoms with E-state index in [4.69, 9.17) is 11.5 Å². The lowest BCUT2D eigenvalue weighted by Gasteiger charge is -2.32. The van der Waals surface area contributed by atoms with Crippen LogP contribution in [0.1, 0.15) is 108 Å². The number of aromatic amines is 1. The van der Waals surface area contributed by atoms with E-state index in [0.717, 1.165) is 55.0 Å². The molecule has 358 valence electrons. The Labute approximate surface area is 386 Å². The summed E-state index contributed by atoms with van der Waals surface area (Å²) in [5.41, 5.74) is 13.2. The molecule has 0 spiro atoms. The number of nitrogens with zero attached hydrogens (tertiary/aromatic N) is 2. The van der Waals surface area contributed by atoms with Crippen LogP contribution in [0.25, 0.3) is 10.9 Å². The van der Waals surface area contributed by atoms with E-state index >= 15 is 0 Å². The Morgan fingerprint density at radius 1 is 0.742 bits per heavy atom. The van der Waals surface area contributed by atoms with Gasteiger partial charge in [0.25, 0.3) is 0 Å². The molecule has 18 nitrogen and oxygen atoms in total. The van der Waals surface area contributed by atoms with E-state index in [2.05, 4.69) is 36.6 Å². The van der Waals surface area contributed by atoms with Crippen molar-refractivity contribution >= 4 is 58.3 Å². The Balaban J connectivity index is 1.36. The van der Waals surface area contributed by atoms with Crippen molar-refractivity contribution in [3.05, 3.63) is 71.9 Å². The van der Waals surface area contributed by atoms with E-state index in [0.29, 0.717) is 37.7 Å². The van der Waals surface area contributed by atoms with Crippen LogP contribution in [0.15, 0.2) is 65.8 Å². The van der Waals surface area contributed by atoms with Gasteiger partial charge in [0, 0.05) is 50.0 Å². The van der Waals surface area contributed by atoms with E-state index < -0.39 is 77.7 Å². The molecule has 3 aromatic rings. The molecule has 1 aliphatic carbocycles. The number of H-pyrrole nitrogens is 1. The maximum atomic E-state index is 14.6. The second-order valence-electron chi connectivity index (χ2n) is 17.6. The molecule has 6 amide bonds. The molecule has 1 saturated heterocycles. The average molecular weight is 913 g/mol. The fourth-order valence-electron chi connectivity index (χ4n) is 9.04. The molecule has 2 fully saturated rings. The standard InChI is InChI=1S/C48H68N10O8/c1-3-4-20-36(54-42(60)38(53-30(2)59)26-31-15-7-5-8-16-31)46(64)58-25-14-23-41(58)45(63)57-39(27-32-17-9-6-10-18-32)43(61)56-40(28-33-29-52-35-21-12-11-19-34(33)35)44(62)55-37(47(65)66)22-13-24-51-48(49)50/h5,7-8,11-12,15-16,19,21,29,32,36-41,52H,3-4,6,9-10,13-14,17-18,20,22-28H2,1-2H3,(H,53,59)(H,54,60)(H,55,62)(H,56,61)(H,57,63)(H,65,66)(H4,49,50,51)/t36-,37+,38-,39+,40-,41-/m0/s1. The molecule has 11 N–H and O–H groups in total. The number of unbranched alkanes of at least 4 members (excludes halogenated alkanes) is 1. The highest BCUT2D eigenvalue weighted by molar-refractivity contribution is 5.97. The molecule has 2 aliphatic rings. The van der Waals surface area contributed by atoms with Crippen molar-refractivity contribution in [3.8, 4) is 0 Å². The molecule has 1 aromatic heterocycles. The number of rotatable bonds is 24. The number of benzene rings is 2. The first kappa shape index (κ1) is 50.5. The summed E-state index contributed by atoms with van der Waals surface area (Å²) in [6.45, 7) is 3.72. The Morgan fingerprint density at radius 2 is 1.38 bits per heavy atom. The largest absolute Gasteiger partial charge is 0.480 e. The smallest absolute Gasteiger partial charge is 0.326 e. The van der Waals surface area contributed by atoms with Gasteiger partial charge in [-0.3, -0.25) is 33.8 Å². The zero-order valence-corrected chi connectivity index (χ0v) is 38.2. The Bertz CT molecular complexity index is 2150. The second-order valence-corrected chi connectivity index (χ2v) is 17.6. The Morgan fingerprint density at radius 3 is 2.06 bits per heavy atom. The molecule has 5 rings (SSSR count). The van der Waals surface area contributed by atoms with Crippen molar-refractivity contribution in [2.24, 2.45) is 22.4 Å². The third kappa shape index (κ3) is 15.1. The number of aliphatic carboxylic acids is 1. The summed E-state index contributed by atoms with van der Waals surface area (Å²) in [6.07, 6.45) is 9.81. The number of nitrogens with one attached hydrogen (secondary N) is 6. The van der Waals surface area contributed by atoms with Crippen molar-refractivity contribution < 1.29 is 38.7 Å². The average Bonchev–Trinajstić information content (AvgIpc) is 3.96. The number of carbonyl (C=O) groups excluding carboxylic acids is 6. The van der Waals surface area contributed by atoms with Gasteiger partial charge in [0.1, 0.15) is 36.3 Å². The summed E-state index contributed by atoms with van der Waals surface area (Å²) in [5, 5.41) is 24.9. The van der Waals surface area contributed by atoms with Crippen molar-refractivity contribution in [1.82, 2.24) is 36.5 Å². The van der Waals surface area contributed by atoms with Gasteiger partial charge in [0.05, 0.1) is 0 Å². The van der Waals surface area contributed by atoms with Crippen LogP contribution in [0.2, 0.25) is 0 Å². The highest BCUT2D eigenvalue weighted by Crippen LogP contribution is 2.28. The molecule has 6 atom stereocenters. The van der Waals surface area contributed by atoms with Gasteiger partial charge in [0.15, 0.2) is 5.96 Å². The van der Waals surface area contributed by atoms with Gasteiger partial charge in [-0.25, -0.2) is 4.79 Å². The van der Waals surface area contributed by atoms with E-state index in [-0.39, 0.29) is 50.7 Å². The van der Waals surface area contributed by atoms with Crippen LogP contribution in [0.3, 0.4) is 0 Å². The summed E-state index contributed by atoms with van der Waals surface area (Å²) in [4.78, 5) is 104. The summed E-state index contributed by atoms with van der Waals surface area (Å²) in [7, 11) is 0. The van der Waals surface area contributed by atoms with E-state index in [1.807, 2.05) is 61.5 Å². The number of aliphatic imine (C=N–C) groups is 1. The van der Waals surface area contributed by atoms with Crippen LogP contribution < -0.4 is 38.1 Å². The number of aromatic nitrogens is 1. The molecule has 0 unspecified atom stereocenters. The van der Waals surface area contributed by atoms with Crippen LogP contribution in [0, 0.1) is 5.92 Å². The van der Waals surface area contributed by atoms with Gasteiger partial charge in [-0.1, -0.05) is 100 Å². The third-order valence-corrected chi connectivity index (χ3v) is 12.5. The fourth-order valence-corrected chi connectivity index (χ4v) is 9.04. The lowest BCUT2D eigenvalue weighted by Crippen LogP contribution is -2.59. The number of carboxylic acids is 1. The van der Waals surface area contributed by atoms with E-state index in [9.17, 15) is 38.7 Å². The first-order valence-corrected chi connectivity index (χ1v) is 23.4. The number of hydrogen-bond acceptors (Lipinski definition) is 8. The van der Waals surface area contributed by atoms with Crippen LogP contribution >= 0.6 is 0 Å².